The van der Waals surface area contributed by atoms with Gasteiger partial charge in [-0.05, 0) is 32.6 Å². The van der Waals surface area contributed by atoms with Crippen molar-refractivity contribution in [3.63, 3.8) is 0 Å². The average molecular weight is 179 g/mol. The van der Waals surface area contributed by atoms with Gasteiger partial charge in [-0.25, -0.2) is 4.98 Å². The van der Waals surface area contributed by atoms with Crippen molar-refractivity contribution in [1.29, 1.82) is 0 Å². The Morgan fingerprint density at radius 2 is 2.23 bits per heavy atom. The van der Waals surface area contributed by atoms with Crippen LogP contribution in [0.5, 0.6) is 0 Å². The summed E-state index contributed by atoms with van der Waals surface area (Å²) in [7, 11) is 4.12. The Hall–Kier alpha value is -1.09. The van der Waals surface area contributed by atoms with Crippen LogP contribution < -0.4 is 5.32 Å². The lowest BCUT2D eigenvalue weighted by molar-refractivity contribution is 0.425. The first-order valence-electron chi connectivity index (χ1n) is 4.50. The van der Waals surface area contributed by atoms with Crippen molar-refractivity contribution >= 4 is 5.82 Å². The molecule has 0 aliphatic rings. The Bertz CT molecular complexity index is 258. The lowest BCUT2D eigenvalue weighted by atomic mass is 10.3. The Morgan fingerprint density at radius 1 is 1.46 bits per heavy atom. The van der Waals surface area contributed by atoms with Crippen LogP contribution in [0.4, 0.5) is 5.82 Å². The van der Waals surface area contributed by atoms with Crippen LogP contribution in [0.2, 0.25) is 0 Å². The van der Waals surface area contributed by atoms with E-state index in [9.17, 15) is 0 Å². The van der Waals surface area contributed by atoms with Gasteiger partial charge in [0.15, 0.2) is 0 Å². The van der Waals surface area contributed by atoms with Crippen LogP contribution >= 0.6 is 0 Å². The molecule has 0 aromatic carbocycles. The quantitative estimate of drug-likeness (QED) is 0.756. The molecule has 1 N–H and O–H groups in total. The van der Waals surface area contributed by atoms with Crippen LogP contribution in [-0.2, 0) is 0 Å². The fourth-order valence-corrected chi connectivity index (χ4v) is 1.07. The maximum Gasteiger partial charge on any atom is 0.128 e. The molecule has 72 valence electrons. The van der Waals surface area contributed by atoms with Gasteiger partial charge in [0.05, 0.1) is 0 Å². The molecule has 0 aliphatic heterocycles. The minimum atomic E-state index is 0.935. The van der Waals surface area contributed by atoms with Crippen molar-refractivity contribution in [3.05, 3.63) is 23.9 Å². The van der Waals surface area contributed by atoms with Crippen molar-refractivity contribution < 1.29 is 0 Å². The number of nitrogens with one attached hydrogen (secondary N) is 1. The molecule has 1 heterocycles. The van der Waals surface area contributed by atoms with Gasteiger partial charge in [-0.1, -0.05) is 6.07 Å². The van der Waals surface area contributed by atoms with Crippen LogP contribution in [0.3, 0.4) is 0 Å². The SMILES string of the molecule is Cc1cccnc1NCCN(C)C. The first-order chi connectivity index (χ1) is 6.20. The Labute approximate surface area is 79.8 Å². The van der Waals surface area contributed by atoms with Crippen molar-refractivity contribution in [2.45, 2.75) is 6.92 Å². The van der Waals surface area contributed by atoms with Gasteiger partial charge in [-0.2, -0.15) is 0 Å². The second-order valence-electron chi connectivity index (χ2n) is 3.40. The number of nitrogens with zero attached hydrogens (tertiary/aromatic N) is 2. The average Bonchev–Trinajstić information content (AvgIpc) is 2.08. The second-order valence-corrected chi connectivity index (χ2v) is 3.40. The van der Waals surface area contributed by atoms with E-state index in [0.29, 0.717) is 0 Å². The van der Waals surface area contributed by atoms with Gasteiger partial charge in [0.25, 0.3) is 0 Å². The van der Waals surface area contributed by atoms with Crippen LogP contribution in [0.1, 0.15) is 5.56 Å². The van der Waals surface area contributed by atoms with Gasteiger partial charge in [-0.3, -0.25) is 0 Å². The first kappa shape index (κ1) is 9.99. The molecule has 13 heavy (non-hydrogen) atoms. The molecule has 0 fully saturated rings. The number of hydrogen-bond acceptors (Lipinski definition) is 3. The molecule has 0 spiro atoms. The minimum absolute atomic E-state index is 0.935. The van der Waals surface area contributed by atoms with E-state index in [4.69, 9.17) is 0 Å². The third kappa shape index (κ3) is 3.42. The fourth-order valence-electron chi connectivity index (χ4n) is 1.07. The highest BCUT2D eigenvalue weighted by Crippen LogP contribution is 2.07. The molecule has 0 aliphatic carbocycles. The molecule has 1 aromatic heterocycles. The van der Waals surface area contributed by atoms with Gasteiger partial charge in [0, 0.05) is 19.3 Å². The molecular weight excluding hydrogens is 162 g/mol. The zero-order chi connectivity index (χ0) is 9.68. The number of anilines is 1. The first-order valence-corrected chi connectivity index (χ1v) is 4.50. The Kier molecular flexibility index (Phi) is 3.71. The molecule has 0 unspecified atom stereocenters. The number of hydrogen-bond donors (Lipinski definition) is 1. The topological polar surface area (TPSA) is 28.2 Å². The number of likely N-dealkylation sites (N-methyl/N-ethyl adjacent to an activating group) is 1. The summed E-state index contributed by atoms with van der Waals surface area (Å²) in [5.74, 6) is 0.990. The summed E-state index contributed by atoms with van der Waals surface area (Å²) >= 11 is 0. The van der Waals surface area contributed by atoms with Crippen molar-refractivity contribution in [2.24, 2.45) is 0 Å². The van der Waals surface area contributed by atoms with E-state index in [0.717, 1.165) is 18.9 Å². The third-order valence-electron chi connectivity index (χ3n) is 1.86. The predicted octanol–water partition coefficient (Wildman–Crippen LogP) is 1.36. The number of aromatic nitrogens is 1. The normalized spacial score (nSPS) is 10.5. The largest absolute Gasteiger partial charge is 0.369 e. The summed E-state index contributed by atoms with van der Waals surface area (Å²) in [6, 6.07) is 4.01. The van der Waals surface area contributed by atoms with E-state index in [1.54, 1.807) is 0 Å². The molecule has 1 rings (SSSR count). The summed E-state index contributed by atoms with van der Waals surface area (Å²) in [4.78, 5) is 6.39. The van der Waals surface area contributed by atoms with Gasteiger partial charge in [0.1, 0.15) is 5.82 Å². The summed E-state index contributed by atoms with van der Waals surface area (Å²) in [6.07, 6.45) is 1.81. The summed E-state index contributed by atoms with van der Waals surface area (Å²) < 4.78 is 0. The molecule has 0 atom stereocenters. The molecule has 0 radical (unpaired) electrons. The minimum Gasteiger partial charge on any atom is -0.369 e. The smallest absolute Gasteiger partial charge is 0.128 e. The number of aryl methyl sites for hydroxylation is 1. The molecule has 0 saturated carbocycles. The van der Waals surface area contributed by atoms with Crippen LogP contribution in [0, 0.1) is 6.92 Å². The molecular formula is C10H17N3. The van der Waals surface area contributed by atoms with E-state index in [2.05, 4.69) is 42.3 Å². The summed E-state index contributed by atoms with van der Waals surface area (Å²) in [6.45, 7) is 4.02. The standard InChI is InChI=1S/C10H17N3/c1-9-5-4-6-11-10(9)12-7-8-13(2)3/h4-6H,7-8H2,1-3H3,(H,11,12). The molecule has 3 nitrogen and oxygen atoms in total. The molecule has 1 aromatic rings. The van der Waals surface area contributed by atoms with Gasteiger partial charge in [0.2, 0.25) is 0 Å². The lowest BCUT2D eigenvalue weighted by Gasteiger charge is -2.11. The Balaban J connectivity index is 2.41. The Morgan fingerprint density at radius 3 is 2.85 bits per heavy atom. The van der Waals surface area contributed by atoms with Gasteiger partial charge >= 0.3 is 0 Å². The van der Waals surface area contributed by atoms with E-state index >= 15 is 0 Å². The number of rotatable bonds is 4. The maximum atomic E-state index is 4.25. The molecule has 0 bridgehead atoms. The van der Waals surface area contributed by atoms with Crippen molar-refractivity contribution in [1.82, 2.24) is 9.88 Å². The van der Waals surface area contributed by atoms with Gasteiger partial charge in [-0.15, -0.1) is 0 Å². The monoisotopic (exact) mass is 179 g/mol. The molecule has 0 amide bonds. The maximum absolute atomic E-state index is 4.25. The van der Waals surface area contributed by atoms with Crippen molar-refractivity contribution in [2.75, 3.05) is 32.5 Å². The van der Waals surface area contributed by atoms with E-state index in [-0.39, 0.29) is 0 Å². The zero-order valence-corrected chi connectivity index (χ0v) is 8.54. The molecule has 0 saturated heterocycles. The van der Waals surface area contributed by atoms with Gasteiger partial charge < -0.3 is 10.2 Å². The van der Waals surface area contributed by atoms with Crippen LogP contribution in [-0.4, -0.2) is 37.1 Å². The third-order valence-corrected chi connectivity index (χ3v) is 1.86. The van der Waals surface area contributed by atoms with E-state index < -0.39 is 0 Å². The second kappa shape index (κ2) is 4.82. The summed E-state index contributed by atoms with van der Waals surface area (Å²) in [5, 5.41) is 3.29. The number of pyridine rings is 1. The molecule has 3 heteroatoms. The lowest BCUT2D eigenvalue weighted by Crippen LogP contribution is -2.21. The van der Waals surface area contributed by atoms with Crippen LogP contribution in [0.25, 0.3) is 0 Å². The highest BCUT2D eigenvalue weighted by atomic mass is 15.1. The van der Waals surface area contributed by atoms with E-state index in [1.165, 1.54) is 5.56 Å². The van der Waals surface area contributed by atoms with E-state index in [1.807, 2.05) is 12.3 Å². The van der Waals surface area contributed by atoms with Crippen molar-refractivity contribution in [3.8, 4) is 0 Å². The highest BCUT2D eigenvalue weighted by Gasteiger charge is 1.96. The zero-order valence-electron chi connectivity index (χ0n) is 8.54. The fraction of sp³-hybridized carbons (Fsp3) is 0.500. The summed E-state index contributed by atoms with van der Waals surface area (Å²) in [5.41, 5.74) is 1.20. The predicted molar refractivity (Wildman–Crippen MR) is 56.0 cm³/mol. The van der Waals surface area contributed by atoms with Crippen LogP contribution in [0.15, 0.2) is 18.3 Å². The highest BCUT2D eigenvalue weighted by molar-refractivity contribution is 5.42.